The normalized spacial score (nSPS) is 10.9. The molecule has 140 valence electrons. The van der Waals surface area contributed by atoms with E-state index in [9.17, 15) is 14.9 Å². The van der Waals surface area contributed by atoms with Crippen LogP contribution in [0.3, 0.4) is 0 Å². The Hall–Kier alpha value is -3.10. The van der Waals surface area contributed by atoms with E-state index in [1.165, 1.54) is 18.2 Å². The molecule has 0 bridgehead atoms. The van der Waals surface area contributed by atoms with Gasteiger partial charge in [0.2, 0.25) is 0 Å². The standard InChI is InChI=1S/C18H16ClN3O5/c19-16-9-13(22(24)25)5-6-17(16)20-18(23)12-21(10-14-3-1-7-26-14)11-15-4-2-8-27-15/h1-9H,10-12H2,(H,20,23)/p+1. The van der Waals surface area contributed by atoms with Crippen molar-refractivity contribution in [2.45, 2.75) is 13.1 Å². The van der Waals surface area contributed by atoms with E-state index in [0.29, 0.717) is 18.8 Å². The Morgan fingerprint density at radius 3 is 2.22 bits per heavy atom. The van der Waals surface area contributed by atoms with Gasteiger partial charge in [0, 0.05) is 12.1 Å². The number of carbonyl (C=O) groups excluding carboxylic acids is 1. The van der Waals surface area contributed by atoms with Crippen molar-refractivity contribution in [2.24, 2.45) is 0 Å². The summed E-state index contributed by atoms with van der Waals surface area (Å²) in [5.74, 6) is 1.22. The van der Waals surface area contributed by atoms with E-state index in [4.69, 9.17) is 20.4 Å². The van der Waals surface area contributed by atoms with Crippen molar-refractivity contribution in [3.63, 3.8) is 0 Å². The van der Waals surface area contributed by atoms with Crippen LogP contribution in [0.5, 0.6) is 0 Å². The second kappa shape index (κ2) is 8.52. The van der Waals surface area contributed by atoms with E-state index in [1.54, 1.807) is 24.7 Å². The van der Waals surface area contributed by atoms with Gasteiger partial charge in [-0.25, -0.2) is 0 Å². The van der Waals surface area contributed by atoms with Gasteiger partial charge in [0.25, 0.3) is 11.6 Å². The molecule has 0 spiro atoms. The van der Waals surface area contributed by atoms with Gasteiger partial charge in [-0.3, -0.25) is 14.9 Å². The Morgan fingerprint density at radius 2 is 1.74 bits per heavy atom. The lowest BCUT2D eigenvalue weighted by Crippen LogP contribution is -3.10. The van der Waals surface area contributed by atoms with Gasteiger partial charge in [0.05, 0.1) is 28.2 Å². The number of non-ortho nitro benzene ring substituents is 1. The molecule has 9 heteroatoms. The quantitative estimate of drug-likeness (QED) is 0.454. The smallest absolute Gasteiger partial charge is 0.279 e. The summed E-state index contributed by atoms with van der Waals surface area (Å²) in [5, 5.41) is 13.6. The van der Waals surface area contributed by atoms with Crippen molar-refractivity contribution in [1.29, 1.82) is 0 Å². The van der Waals surface area contributed by atoms with Crippen LogP contribution >= 0.6 is 11.6 Å². The molecule has 0 unspecified atom stereocenters. The highest BCUT2D eigenvalue weighted by Gasteiger charge is 2.19. The molecule has 3 rings (SSSR count). The molecule has 8 nitrogen and oxygen atoms in total. The zero-order chi connectivity index (χ0) is 19.2. The molecule has 2 aromatic heterocycles. The minimum Gasteiger partial charge on any atom is -0.463 e. The highest BCUT2D eigenvalue weighted by Crippen LogP contribution is 2.26. The molecule has 1 amide bonds. The van der Waals surface area contributed by atoms with Crippen LogP contribution in [-0.4, -0.2) is 17.4 Å². The second-order valence-corrected chi connectivity index (χ2v) is 6.32. The topological polar surface area (TPSA) is 103 Å². The Labute approximate surface area is 159 Å². The molecule has 27 heavy (non-hydrogen) atoms. The summed E-state index contributed by atoms with van der Waals surface area (Å²) in [4.78, 5) is 23.6. The minimum absolute atomic E-state index is 0.108. The van der Waals surface area contributed by atoms with Crippen LogP contribution in [0, 0.1) is 10.1 Å². The number of carbonyl (C=O) groups is 1. The maximum Gasteiger partial charge on any atom is 0.279 e. The average molecular weight is 391 g/mol. The van der Waals surface area contributed by atoms with Gasteiger partial charge in [0.15, 0.2) is 18.1 Å². The molecule has 2 N–H and O–H groups in total. The Balaban J connectivity index is 1.67. The van der Waals surface area contributed by atoms with Crippen molar-refractivity contribution < 1.29 is 23.5 Å². The number of nitro benzene ring substituents is 1. The maximum atomic E-state index is 12.5. The molecule has 3 aromatic rings. The van der Waals surface area contributed by atoms with Crippen LogP contribution in [-0.2, 0) is 17.9 Å². The minimum atomic E-state index is -0.546. The number of quaternary nitrogens is 1. The van der Waals surface area contributed by atoms with Crippen molar-refractivity contribution in [1.82, 2.24) is 0 Å². The number of hydrogen-bond acceptors (Lipinski definition) is 5. The lowest BCUT2D eigenvalue weighted by atomic mass is 10.2. The number of amides is 1. The van der Waals surface area contributed by atoms with E-state index in [1.807, 2.05) is 12.1 Å². The zero-order valence-electron chi connectivity index (χ0n) is 14.2. The third-order valence-corrected chi connectivity index (χ3v) is 4.17. The lowest BCUT2D eigenvalue weighted by molar-refractivity contribution is -0.921. The first-order valence-electron chi connectivity index (χ1n) is 8.13. The van der Waals surface area contributed by atoms with Crippen LogP contribution in [0.25, 0.3) is 0 Å². The molecule has 1 aromatic carbocycles. The van der Waals surface area contributed by atoms with Gasteiger partial charge in [-0.1, -0.05) is 11.6 Å². The summed E-state index contributed by atoms with van der Waals surface area (Å²) in [6, 6.07) is 11.2. The zero-order valence-corrected chi connectivity index (χ0v) is 14.9. The molecule has 0 aliphatic rings. The molecular formula is C18H17ClN3O5+. The third-order valence-electron chi connectivity index (χ3n) is 3.86. The summed E-state index contributed by atoms with van der Waals surface area (Å²) < 4.78 is 10.7. The summed E-state index contributed by atoms with van der Waals surface area (Å²) >= 11 is 6.03. The number of benzene rings is 1. The molecular weight excluding hydrogens is 374 g/mol. The number of nitrogens with zero attached hydrogens (tertiary/aromatic N) is 1. The molecule has 0 aliphatic carbocycles. The average Bonchev–Trinajstić information content (AvgIpc) is 3.30. The second-order valence-electron chi connectivity index (χ2n) is 5.91. The van der Waals surface area contributed by atoms with Crippen LogP contribution in [0.15, 0.2) is 63.8 Å². The first kappa shape index (κ1) is 18.7. The number of nitro groups is 1. The fourth-order valence-electron chi connectivity index (χ4n) is 2.65. The first-order valence-corrected chi connectivity index (χ1v) is 8.51. The SMILES string of the molecule is O=C(C[NH+](Cc1ccco1)Cc1ccco1)Nc1ccc([N+](=O)[O-])cc1Cl. The highest BCUT2D eigenvalue weighted by atomic mass is 35.5. The predicted octanol–water partition coefficient (Wildman–Crippen LogP) is 2.66. The van der Waals surface area contributed by atoms with Gasteiger partial charge >= 0.3 is 0 Å². The molecule has 0 saturated heterocycles. The molecule has 0 atom stereocenters. The molecule has 0 saturated carbocycles. The van der Waals surface area contributed by atoms with Crippen molar-refractivity contribution in [3.05, 3.63) is 81.6 Å². The predicted molar refractivity (Wildman–Crippen MR) is 97.4 cm³/mol. The van der Waals surface area contributed by atoms with E-state index in [0.717, 1.165) is 16.4 Å². The van der Waals surface area contributed by atoms with Crippen LogP contribution < -0.4 is 10.2 Å². The molecule has 2 heterocycles. The number of nitrogens with one attached hydrogen (secondary N) is 2. The third kappa shape index (κ3) is 5.19. The number of hydrogen-bond donors (Lipinski definition) is 2. The first-order chi connectivity index (χ1) is 13.0. The van der Waals surface area contributed by atoms with Gasteiger partial charge < -0.3 is 19.1 Å². The lowest BCUT2D eigenvalue weighted by Gasteiger charge is -2.17. The van der Waals surface area contributed by atoms with E-state index >= 15 is 0 Å². The molecule has 0 aliphatic heterocycles. The van der Waals surface area contributed by atoms with Crippen LogP contribution in [0.2, 0.25) is 5.02 Å². The van der Waals surface area contributed by atoms with E-state index in [2.05, 4.69) is 5.32 Å². The Kier molecular flexibility index (Phi) is 5.90. The fraction of sp³-hybridized carbons (Fsp3) is 0.167. The largest absolute Gasteiger partial charge is 0.463 e. The van der Waals surface area contributed by atoms with E-state index < -0.39 is 4.92 Å². The van der Waals surface area contributed by atoms with Crippen molar-refractivity contribution >= 4 is 28.9 Å². The number of anilines is 1. The monoisotopic (exact) mass is 390 g/mol. The molecule has 0 radical (unpaired) electrons. The molecule has 0 fully saturated rings. The summed E-state index contributed by atoms with van der Waals surface area (Å²) in [6.07, 6.45) is 3.16. The number of rotatable bonds is 8. The fourth-order valence-corrected chi connectivity index (χ4v) is 2.87. The Bertz CT molecular complexity index is 873. The van der Waals surface area contributed by atoms with Crippen LogP contribution in [0.1, 0.15) is 11.5 Å². The highest BCUT2D eigenvalue weighted by molar-refractivity contribution is 6.33. The van der Waals surface area contributed by atoms with Gasteiger partial charge in [-0.2, -0.15) is 0 Å². The Morgan fingerprint density at radius 1 is 1.11 bits per heavy atom. The van der Waals surface area contributed by atoms with Gasteiger partial charge in [0.1, 0.15) is 13.1 Å². The van der Waals surface area contributed by atoms with Crippen molar-refractivity contribution in [3.8, 4) is 0 Å². The number of halogens is 1. The number of furan rings is 2. The van der Waals surface area contributed by atoms with Crippen LogP contribution in [0.4, 0.5) is 11.4 Å². The van der Waals surface area contributed by atoms with Gasteiger partial charge in [-0.05, 0) is 30.3 Å². The summed E-state index contributed by atoms with van der Waals surface area (Å²) in [5.41, 5.74) is 0.184. The summed E-state index contributed by atoms with van der Waals surface area (Å²) in [6.45, 7) is 1.12. The van der Waals surface area contributed by atoms with Gasteiger partial charge in [-0.15, -0.1) is 0 Å². The maximum absolute atomic E-state index is 12.5. The summed E-state index contributed by atoms with van der Waals surface area (Å²) in [7, 11) is 0. The van der Waals surface area contributed by atoms with E-state index in [-0.39, 0.29) is 23.2 Å². The van der Waals surface area contributed by atoms with Crippen molar-refractivity contribution in [2.75, 3.05) is 11.9 Å².